The molecule has 20 heavy (non-hydrogen) atoms. The normalized spacial score (nSPS) is 27.1. The van der Waals surface area contributed by atoms with E-state index in [4.69, 9.17) is 0 Å². The quantitative estimate of drug-likeness (QED) is 0.748. The third-order valence-electron chi connectivity index (χ3n) is 4.86. The third-order valence-corrected chi connectivity index (χ3v) is 4.86. The summed E-state index contributed by atoms with van der Waals surface area (Å²) in [5, 5.41) is 3.44. The van der Waals surface area contributed by atoms with Crippen LogP contribution >= 0.6 is 0 Å². The smallest absolute Gasteiger partial charge is 0.240 e. The molecule has 1 amide bonds. The van der Waals surface area contributed by atoms with E-state index in [2.05, 4.69) is 46.0 Å². The zero-order valence-electron chi connectivity index (χ0n) is 13.8. The van der Waals surface area contributed by atoms with Gasteiger partial charge in [0.05, 0.1) is 6.04 Å². The molecule has 1 unspecified atom stereocenters. The number of hydrogen-bond acceptors (Lipinski definition) is 2. The second kappa shape index (κ2) is 5.51. The molecule has 2 heterocycles. The molecular formula is C17H30N2O. The second-order valence-electron chi connectivity index (χ2n) is 7.99. The summed E-state index contributed by atoms with van der Waals surface area (Å²) in [7, 11) is 0. The summed E-state index contributed by atoms with van der Waals surface area (Å²) in [5.41, 5.74) is 1.79. The molecule has 1 N–H and O–H groups in total. The van der Waals surface area contributed by atoms with Crippen molar-refractivity contribution in [3.63, 3.8) is 0 Å². The minimum Gasteiger partial charge on any atom is -0.337 e. The van der Waals surface area contributed by atoms with Crippen LogP contribution in [0.1, 0.15) is 53.9 Å². The number of piperidine rings is 1. The van der Waals surface area contributed by atoms with Gasteiger partial charge in [0.2, 0.25) is 5.91 Å². The van der Waals surface area contributed by atoms with Crippen molar-refractivity contribution in [2.75, 3.05) is 19.6 Å². The van der Waals surface area contributed by atoms with Crippen LogP contribution in [0.2, 0.25) is 0 Å². The van der Waals surface area contributed by atoms with Crippen LogP contribution in [0.15, 0.2) is 11.6 Å². The summed E-state index contributed by atoms with van der Waals surface area (Å²) in [4.78, 5) is 14.8. The summed E-state index contributed by atoms with van der Waals surface area (Å²) in [5.74, 6) is 0.291. The Morgan fingerprint density at radius 1 is 1.40 bits per heavy atom. The Morgan fingerprint density at radius 3 is 2.60 bits per heavy atom. The average Bonchev–Trinajstić information content (AvgIpc) is 2.36. The van der Waals surface area contributed by atoms with Gasteiger partial charge in [-0.3, -0.25) is 4.79 Å². The van der Waals surface area contributed by atoms with Crippen molar-refractivity contribution in [2.45, 2.75) is 59.9 Å². The van der Waals surface area contributed by atoms with Crippen molar-refractivity contribution in [3.8, 4) is 0 Å². The number of hydrogen-bond donors (Lipinski definition) is 1. The molecule has 0 saturated carbocycles. The second-order valence-corrected chi connectivity index (χ2v) is 7.99. The molecule has 3 nitrogen and oxygen atoms in total. The first-order valence-corrected chi connectivity index (χ1v) is 7.93. The maximum atomic E-state index is 12.8. The summed E-state index contributed by atoms with van der Waals surface area (Å²) in [6, 6.07) is -0.0131. The van der Waals surface area contributed by atoms with Crippen molar-refractivity contribution in [3.05, 3.63) is 11.6 Å². The molecule has 114 valence electrons. The van der Waals surface area contributed by atoms with Gasteiger partial charge in [-0.15, -0.1) is 0 Å². The maximum Gasteiger partial charge on any atom is 0.240 e. The van der Waals surface area contributed by atoms with E-state index in [0.717, 1.165) is 32.5 Å². The monoisotopic (exact) mass is 278 g/mol. The van der Waals surface area contributed by atoms with Gasteiger partial charge in [0.15, 0.2) is 0 Å². The largest absolute Gasteiger partial charge is 0.337 e. The fraction of sp³-hybridized carbons (Fsp3) is 0.824. The Labute approximate surface area is 123 Å². The summed E-state index contributed by atoms with van der Waals surface area (Å²) in [6.45, 7) is 13.8. The molecule has 1 saturated heterocycles. The SMILES string of the molecule is CC(C)(C)C1=CCN(C(=O)C2NCCCC2(C)C)CC1. The van der Waals surface area contributed by atoms with Crippen LogP contribution in [0.3, 0.4) is 0 Å². The molecule has 0 aromatic rings. The van der Waals surface area contributed by atoms with Gasteiger partial charge in [-0.2, -0.15) is 0 Å². The number of nitrogens with one attached hydrogen (secondary N) is 1. The van der Waals surface area contributed by atoms with Gasteiger partial charge in [-0.05, 0) is 36.6 Å². The molecule has 0 radical (unpaired) electrons. The van der Waals surface area contributed by atoms with E-state index >= 15 is 0 Å². The van der Waals surface area contributed by atoms with Gasteiger partial charge < -0.3 is 10.2 Å². The highest BCUT2D eigenvalue weighted by atomic mass is 16.2. The molecular weight excluding hydrogens is 248 g/mol. The van der Waals surface area contributed by atoms with Crippen LogP contribution in [0.5, 0.6) is 0 Å². The summed E-state index contributed by atoms with van der Waals surface area (Å²) in [6.07, 6.45) is 5.58. The molecule has 0 aromatic heterocycles. The Kier molecular flexibility index (Phi) is 4.29. The standard InChI is InChI=1S/C17H30N2O/c1-16(2,3)13-7-11-19(12-8-13)15(20)14-17(4,5)9-6-10-18-14/h7,14,18H,6,8-12H2,1-5H3. The number of rotatable bonds is 1. The third kappa shape index (κ3) is 3.25. The van der Waals surface area contributed by atoms with Crippen molar-refractivity contribution >= 4 is 5.91 Å². The number of carbonyl (C=O) groups is 1. The highest BCUT2D eigenvalue weighted by Gasteiger charge is 2.39. The zero-order valence-corrected chi connectivity index (χ0v) is 13.8. The van der Waals surface area contributed by atoms with Crippen molar-refractivity contribution < 1.29 is 4.79 Å². The minimum atomic E-state index is -0.0131. The van der Waals surface area contributed by atoms with Crippen LogP contribution in [-0.4, -0.2) is 36.5 Å². The van der Waals surface area contributed by atoms with Gasteiger partial charge in [0.1, 0.15) is 0 Å². The first kappa shape index (κ1) is 15.6. The van der Waals surface area contributed by atoms with Gasteiger partial charge in [0, 0.05) is 13.1 Å². The molecule has 2 rings (SSSR count). The highest BCUT2D eigenvalue weighted by Crippen LogP contribution is 2.33. The van der Waals surface area contributed by atoms with Crippen molar-refractivity contribution in [1.82, 2.24) is 10.2 Å². The number of nitrogens with zero attached hydrogens (tertiary/aromatic N) is 1. The molecule has 0 spiro atoms. The van der Waals surface area contributed by atoms with E-state index in [1.165, 1.54) is 12.0 Å². The molecule has 2 aliphatic heterocycles. The lowest BCUT2D eigenvalue weighted by Crippen LogP contribution is -2.57. The topological polar surface area (TPSA) is 32.3 Å². The van der Waals surface area contributed by atoms with Gasteiger partial charge in [-0.1, -0.05) is 46.3 Å². The van der Waals surface area contributed by atoms with E-state index in [9.17, 15) is 4.79 Å². The Morgan fingerprint density at radius 2 is 2.10 bits per heavy atom. The molecule has 1 fully saturated rings. The molecule has 2 aliphatic rings. The van der Waals surface area contributed by atoms with E-state index in [-0.39, 0.29) is 16.9 Å². The Hall–Kier alpha value is -0.830. The van der Waals surface area contributed by atoms with Crippen LogP contribution in [-0.2, 0) is 4.79 Å². The predicted molar refractivity (Wildman–Crippen MR) is 83.5 cm³/mol. The number of amides is 1. The zero-order chi connectivity index (χ0) is 15.0. The molecule has 0 aromatic carbocycles. The number of carbonyl (C=O) groups excluding carboxylic acids is 1. The van der Waals surface area contributed by atoms with Crippen molar-refractivity contribution in [2.24, 2.45) is 10.8 Å². The van der Waals surface area contributed by atoms with E-state index in [1.807, 2.05) is 4.90 Å². The van der Waals surface area contributed by atoms with Crippen LogP contribution in [0.4, 0.5) is 0 Å². The fourth-order valence-corrected chi connectivity index (χ4v) is 3.37. The Balaban J connectivity index is 2.03. The Bertz CT molecular complexity index is 404. The highest BCUT2D eigenvalue weighted by molar-refractivity contribution is 5.83. The van der Waals surface area contributed by atoms with Gasteiger partial charge >= 0.3 is 0 Å². The molecule has 1 atom stereocenters. The van der Waals surface area contributed by atoms with Crippen LogP contribution in [0.25, 0.3) is 0 Å². The van der Waals surface area contributed by atoms with Crippen molar-refractivity contribution in [1.29, 1.82) is 0 Å². The lowest BCUT2D eigenvalue weighted by Gasteiger charge is -2.42. The van der Waals surface area contributed by atoms with Gasteiger partial charge in [0.25, 0.3) is 0 Å². The molecule has 0 bridgehead atoms. The lowest BCUT2D eigenvalue weighted by atomic mass is 9.76. The maximum absolute atomic E-state index is 12.8. The fourth-order valence-electron chi connectivity index (χ4n) is 3.37. The molecule has 3 heteroatoms. The molecule has 0 aliphatic carbocycles. The van der Waals surface area contributed by atoms with E-state index < -0.39 is 0 Å². The minimum absolute atomic E-state index is 0.0131. The average molecular weight is 278 g/mol. The van der Waals surface area contributed by atoms with E-state index in [0.29, 0.717) is 5.91 Å². The van der Waals surface area contributed by atoms with Crippen LogP contribution in [0, 0.1) is 10.8 Å². The summed E-state index contributed by atoms with van der Waals surface area (Å²) >= 11 is 0. The first-order valence-electron chi connectivity index (χ1n) is 7.93. The van der Waals surface area contributed by atoms with E-state index in [1.54, 1.807) is 0 Å². The predicted octanol–water partition coefficient (Wildman–Crippen LogP) is 2.97. The summed E-state index contributed by atoms with van der Waals surface area (Å²) < 4.78 is 0. The van der Waals surface area contributed by atoms with Gasteiger partial charge in [-0.25, -0.2) is 0 Å². The first-order chi connectivity index (χ1) is 9.22. The van der Waals surface area contributed by atoms with Crippen LogP contribution < -0.4 is 5.32 Å². The lowest BCUT2D eigenvalue weighted by molar-refractivity contribution is -0.137.